The molecule has 3 aromatic rings. The van der Waals surface area contributed by atoms with E-state index >= 15 is 0 Å². The molecular weight excluding hydrogens is 406 g/mol. The van der Waals surface area contributed by atoms with Crippen molar-refractivity contribution in [2.24, 2.45) is 0 Å². The summed E-state index contributed by atoms with van der Waals surface area (Å²) in [4.78, 5) is 35.9. The van der Waals surface area contributed by atoms with Crippen molar-refractivity contribution >= 4 is 39.1 Å². The molecule has 0 saturated carbocycles. The first-order chi connectivity index (χ1) is 14.2. The number of fused-ring (bicyclic) bond motifs is 3. The zero-order chi connectivity index (χ0) is 19.8. The van der Waals surface area contributed by atoms with Crippen LogP contribution < -0.4 is 5.56 Å². The molecule has 0 radical (unpaired) electrons. The lowest BCUT2D eigenvalue weighted by Crippen LogP contribution is -2.29. The van der Waals surface area contributed by atoms with E-state index < -0.39 is 0 Å². The van der Waals surface area contributed by atoms with Gasteiger partial charge in [-0.15, -0.1) is 11.3 Å². The second kappa shape index (κ2) is 8.08. The summed E-state index contributed by atoms with van der Waals surface area (Å²) in [7, 11) is 0. The van der Waals surface area contributed by atoms with Crippen molar-refractivity contribution in [2.45, 2.75) is 56.3 Å². The lowest BCUT2D eigenvalue weighted by Gasteiger charge is -2.16. The van der Waals surface area contributed by atoms with Crippen LogP contribution in [-0.2, 0) is 24.1 Å². The van der Waals surface area contributed by atoms with Crippen molar-refractivity contribution in [3.63, 3.8) is 0 Å². The zero-order valence-corrected chi connectivity index (χ0v) is 17.7. The van der Waals surface area contributed by atoms with Gasteiger partial charge >= 0.3 is 0 Å². The number of aryl methyl sites for hydroxylation is 2. The summed E-state index contributed by atoms with van der Waals surface area (Å²) in [5.74, 6) is 0.248. The average Bonchev–Trinajstić information content (AvgIpc) is 3.49. The van der Waals surface area contributed by atoms with E-state index in [1.807, 2.05) is 6.07 Å². The highest BCUT2D eigenvalue weighted by Gasteiger charge is 2.25. The maximum atomic E-state index is 13.5. The molecule has 1 saturated heterocycles. The molecule has 0 bridgehead atoms. The minimum atomic E-state index is 0.00323. The molecule has 1 fully saturated rings. The Balaban J connectivity index is 1.53. The van der Waals surface area contributed by atoms with Crippen LogP contribution in [0.3, 0.4) is 0 Å². The summed E-state index contributed by atoms with van der Waals surface area (Å²) >= 11 is 3.00. The van der Waals surface area contributed by atoms with E-state index in [2.05, 4.69) is 4.98 Å². The maximum Gasteiger partial charge on any atom is 0.263 e. The van der Waals surface area contributed by atoms with Crippen LogP contribution >= 0.6 is 23.1 Å². The smallest absolute Gasteiger partial charge is 0.263 e. The largest absolute Gasteiger partial charge is 0.376 e. The third-order valence-corrected chi connectivity index (χ3v) is 7.84. The van der Waals surface area contributed by atoms with Gasteiger partial charge in [0.2, 0.25) is 0 Å². The lowest BCUT2D eigenvalue weighted by molar-refractivity contribution is 0.0937. The molecule has 1 aliphatic carbocycles. The molecule has 6 nitrogen and oxygen atoms in total. The number of H-pyrrole nitrogens is 1. The van der Waals surface area contributed by atoms with Crippen molar-refractivity contribution in [3.05, 3.63) is 44.8 Å². The first-order valence-electron chi connectivity index (χ1n) is 10.2. The summed E-state index contributed by atoms with van der Waals surface area (Å²) in [6.45, 7) is 1.25. The van der Waals surface area contributed by atoms with Gasteiger partial charge in [0.05, 0.1) is 29.5 Å². The molecule has 0 spiro atoms. The second-order valence-electron chi connectivity index (χ2n) is 7.63. The number of hydrogen-bond acceptors (Lipinski definition) is 6. The second-order valence-corrected chi connectivity index (χ2v) is 9.66. The van der Waals surface area contributed by atoms with Gasteiger partial charge in [-0.3, -0.25) is 14.2 Å². The number of ketones is 1. The van der Waals surface area contributed by atoms with Crippen LogP contribution in [0, 0.1) is 0 Å². The monoisotopic (exact) mass is 429 g/mol. The molecule has 3 aromatic heterocycles. The number of carbonyl (C=O) groups is 1. The quantitative estimate of drug-likeness (QED) is 0.366. The Bertz CT molecular complexity index is 1090. The standard InChI is InChI=1S/C21H23N3O3S2/c25-16(15-7-3-9-22-15)12-28-21-23-19-18(14-6-1-2-8-17(14)29-19)20(26)24(21)11-13-5-4-10-27-13/h3,7,9,13,22H,1-2,4-6,8,10-12H2. The molecule has 1 atom stereocenters. The van der Waals surface area contributed by atoms with Gasteiger partial charge in [0.25, 0.3) is 5.56 Å². The highest BCUT2D eigenvalue weighted by molar-refractivity contribution is 7.99. The van der Waals surface area contributed by atoms with Gasteiger partial charge in [-0.05, 0) is 56.2 Å². The molecular formula is C21H23N3O3S2. The first-order valence-corrected chi connectivity index (χ1v) is 12.0. The van der Waals surface area contributed by atoms with E-state index in [1.54, 1.807) is 28.2 Å². The van der Waals surface area contributed by atoms with E-state index in [9.17, 15) is 9.59 Å². The summed E-state index contributed by atoms with van der Waals surface area (Å²) in [5, 5.41) is 1.42. The summed E-state index contributed by atoms with van der Waals surface area (Å²) in [6, 6.07) is 3.58. The van der Waals surface area contributed by atoms with Crippen LogP contribution in [0.15, 0.2) is 28.3 Å². The number of nitrogens with one attached hydrogen (secondary N) is 1. The van der Waals surface area contributed by atoms with E-state index in [4.69, 9.17) is 9.72 Å². The molecule has 0 aromatic carbocycles. The lowest BCUT2D eigenvalue weighted by atomic mass is 9.97. The van der Waals surface area contributed by atoms with E-state index in [1.165, 1.54) is 28.6 Å². The predicted octanol–water partition coefficient (Wildman–Crippen LogP) is 3.82. The molecule has 1 unspecified atom stereocenters. The van der Waals surface area contributed by atoms with Gasteiger partial charge in [-0.2, -0.15) is 0 Å². The first kappa shape index (κ1) is 19.1. The van der Waals surface area contributed by atoms with Gasteiger partial charge in [0.15, 0.2) is 10.9 Å². The molecule has 5 rings (SSSR count). The Kier molecular flexibility index (Phi) is 5.32. The fraction of sp³-hybridized carbons (Fsp3) is 0.476. The Morgan fingerprint density at radius 1 is 1.34 bits per heavy atom. The Morgan fingerprint density at radius 3 is 3.03 bits per heavy atom. The van der Waals surface area contributed by atoms with Crippen molar-refractivity contribution in [1.29, 1.82) is 0 Å². The Labute approximate surface area is 176 Å². The number of aromatic amines is 1. The average molecular weight is 430 g/mol. The number of carbonyl (C=O) groups excluding carboxylic acids is 1. The maximum absolute atomic E-state index is 13.5. The third-order valence-electron chi connectivity index (χ3n) is 5.68. The minimum absolute atomic E-state index is 0.00323. The van der Waals surface area contributed by atoms with Crippen molar-refractivity contribution < 1.29 is 9.53 Å². The predicted molar refractivity (Wildman–Crippen MR) is 115 cm³/mol. The number of Topliss-reactive ketones (excluding diaryl/α,β-unsaturated/α-hetero) is 1. The van der Waals surface area contributed by atoms with Gasteiger partial charge in [-0.1, -0.05) is 11.8 Å². The fourth-order valence-electron chi connectivity index (χ4n) is 4.19. The molecule has 1 N–H and O–H groups in total. The van der Waals surface area contributed by atoms with E-state index in [0.29, 0.717) is 17.4 Å². The molecule has 0 amide bonds. The minimum Gasteiger partial charge on any atom is -0.376 e. The van der Waals surface area contributed by atoms with Crippen molar-refractivity contribution in [2.75, 3.05) is 12.4 Å². The molecule has 2 aliphatic rings. The number of ether oxygens (including phenoxy) is 1. The van der Waals surface area contributed by atoms with Crippen molar-refractivity contribution in [3.8, 4) is 0 Å². The Hall–Kier alpha value is -1.90. The summed E-state index contributed by atoms with van der Waals surface area (Å²) in [5.41, 5.74) is 1.81. The SMILES string of the molecule is O=C(CSc1nc2sc3c(c2c(=O)n1CC1CCCO1)CCCC3)c1ccc[nH]1. The van der Waals surface area contributed by atoms with Crippen LogP contribution in [0.2, 0.25) is 0 Å². The topological polar surface area (TPSA) is 77.0 Å². The number of nitrogens with zero attached hydrogens (tertiary/aromatic N) is 2. The van der Waals surface area contributed by atoms with Gasteiger partial charge in [-0.25, -0.2) is 4.98 Å². The molecule has 152 valence electrons. The van der Waals surface area contributed by atoms with Crippen LogP contribution in [0.1, 0.15) is 46.6 Å². The van der Waals surface area contributed by atoms with Crippen LogP contribution in [-0.4, -0.2) is 38.8 Å². The van der Waals surface area contributed by atoms with E-state index in [0.717, 1.165) is 48.9 Å². The Morgan fingerprint density at radius 2 is 2.24 bits per heavy atom. The molecule has 29 heavy (non-hydrogen) atoms. The van der Waals surface area contributed by atoms with Crippen LogP contribution in [0.25, 0.3) is 10.2 Å². The zero-order valence-electron chi connectivity index (χ0n) is 16.1. The van der Waals surface area contributed by atoms with Gasteiger partial charge in [0.1, 0.15) is 4.83 Å². The van der Waals surface area contributed by atoms with Gasteiger partial charge < -0.3 is 9.72 Å². The van der Waals surface area contributed by atoms with E-state index in [-0.39, 0.29) is 23.2 Å². The van der Waals surface area contributed by atoms with Crippen LogP contribution in [0.4, 0.5) is 0 Å². The number of rotatable bonds is 6. The highest BCUT2D eigenvalue weighted by Crippen LogP contribution is 2.35. The van der Waals surface area contributed by atoms with Crippen molar-refractivity contribution in [1.82, 2.24) is 14.5 Å². The normalized spacial score (nSPS) is 19.0. The third kappa shape index (κ3) is 3.69. The highest BCUT2D eigenvalue weighted by atomic mass is 32.2. The number of aromatic nitrogens is 3. The van der Waals surface area contributed by atoms with Gasteiger partial charge in [0, 0.05) is 17.7 Å². The summed E-state index contributed by atoms with van der Waals surface area (Å²) in [6.07, 6.45) is 8.07. The van der Waals surface area contributed by atoms with Crippen LogP contribution in [0.5, 0.6) is 0 Å². The molecule has 8 heteroatoms. The molecule has 1 aliphatic heterocycles. The number of hydrogen-bond donors (Lipinski definition) is 1. The summed E-state index contributed by atoms with van der Waals surface area (Å²) < 4.78 is 7.55. The molecule has 4 heterocycles. The number of thioether (sulfide) groups is 1. The fourth-order valence-corrected chi connectivity index (χ4v) is 6.39. The number of thiophene rings is 1.